The maximum absolute atomic E-state index is 11.6. The Morgan fingerprint density at radius 3 is 2.31 bits per heavy atom. The van der Waals surface area contributed by atoms with E-state index < -0.39 is 14.4 Å². The fourth-order valence-electron chi connectivity index (χ4n) is 5.37. The lowest BCUT2D eigenvalue weighted by Crippen LogP contribution is -2.67. The topological polar surface area (TPSA) is 102 Å². The van der Waals surface area contributed by atoms with E-state index >= 15 is 0 Å². The molecule has 5 rings (SSSR count). The zero-order valence-electron chi connectivity index (χ0n) is 22.3. The van der Waals surface area contributed by atoms with Gasteiger partial charge in [-0.15, -0.1) is 0 Å². The van der Waals surface area contributed by atoms with E-state index in [1.165, 1.54) is 17.3 Å². The second-order valence-electron chi connectivity index (χ2n) is 10.7. The molecule has 0 radical (unpaired) electrons. The fraction of sp³-hybridized carbons (Fsp3) is 0.357. The summed E-state index contributed by atoms with van der Waals surface area (Å²) in [6.07, 6.45) is 0.923. The number of nitrogens with one attached hydrogen (secondary N) is 1. The molecule has 2 N–H and O–H groups in total. The maximum atomic E-state index is 11.6. The number of carbonyl (C=O) groups is 1. The molecule has 11 heteroatoms. The van der Waals surface area contributed by atoms with E-state index in [0.717, 1.165) is 0 Å². The quantitative estimate of drug-likeness (QED) is 0.251. The van der Waals surface area contributed by atoms with Crippen molar-refractivity contribution in [3.63, 3.8) is 0 Å². The molecule has 4 aromatic rings. The van der Waals surface area contributed by atoms with E-state index in [4.69, 9.17) is 16.0 Å². The summed E-state index contributed by atoms with van der Waals surface area (Å²) in [6, 6.07) is 20.7. The number of hydrogen-bond donors (Lipinski definition) is 2. The zero-order chi connectivity index (χ0) is 27.8. The Kier molecular flexibility index (Phi) is 7.85. The van der Waals surface area contributed by atoms with Crippen LogP contribution in [-0.2, 0) is 9.22 Å². The summed E-state index contributed by atoms with van der Waals surface area (Å²) in [5.41, 5.74) is 0.895. The summed E-state index contributed by atoms with van der Waals surface area (Å²) in [5, 5.41) is 16.4. The number of aromatic nitrogens is 4. The van der Waals surface area contributed by atoms with E-state index in [1.54, 1.807) is 18.1 Å². The summed E-state index contributed by atoms with van der Waals surface area (Å²) < 4.78 is 8.92. The Bertz CT molecular complexity index is 1430. The molecule has 1 fully saturated rings. The monoisotopic (exact) mass is 581 g/mol. The first-order valence-electron chi connectivity index (χ1n) is 12.8. The molecule has 2 aromatic heterocycles. The third-order valence-electron chi connectivity index (χ3n) is 7.16. The van der Waals surface area contributed by atoms with Gasteiger partial charge in [0.1, 0.15) is 5.52 Å². The van der Waals surface area contributed by atoms with Crippen molar-refractivity contribution in [1.82, 2.24) is 19.5 Å². The third-order valence-corrected chi connectivity index (χ3v) is 13.8. The Morgan fingerprint density at radius 2 is 1.74 bits per heavy atom. The van der Waals surface area contributed by atoms with Crippen LogP contribution < -0.4 is 15.7 Å². The highest BCUT2D eigenvalue weighted by Gasteiger charge is 2.51. The van der Waals surface area contributed by atoms with E-state index in [0.29, 0.717) is 23.5 Å². The Balaban J connectivity index is 1.45. The van der Waals surface area contributed by atoms with E-state index in [1.807, 2.05) is 16.7 Å². The summed E-state index contributed by atoms with van der Waals surface area (Å²) in [4.78, 5) is 24.5. The highest BCUT2D eigenvalue weighted by Crippen LogP contribution is 2.41. The number of imidazole rings is 1. The van der Waals surface area contributed by atoms with Crippen molar-refractivity contribution in [3.8, 4) is 0 Å². The van der Waals surface area contributed by atoms with Crippen LogP contribution in [0.2, 0.25) is 10.2 Å². The largest absolute Gasteiger partial charge is 0.406 e. The molecule has 0 bridgehead atoms. The molecule has 8 nitrogen and oxygen atoms in total. The molecule has 39 heavy (non-hydrogen) atoms. The van der Waals surface area contributed by atoms with Crippen molar-refractivity contribution in [2.75, 3.05) is 17.7 Å². The Morgan fingerprint density at radius 1 is 1.13 bits per heavy atom. The Hall–Kier alpha value is -2.76. The summed E-state index contributed by atoms with van der Waals surface area (Å²) in [5.74, 6) is 0.459. The van der Waals surface area contributed by atoms with E-state index in [2.05, 4.69) is 89.6 Å². The lowest BCUT2D eigenvalue weighted by Gasteiger charge is -2.43. The zero-order valence-corrected chi connectivity index (χ0v) is 24.9. The summed E-state index contributed by atoms with van der Waals surface area (Å²) in [6.45, 7) is 8.51. The molecular weight excluding hydrogens is 550 g/mol. The number of nitrogens with zero attached hydrogens (tertiary/aromatic N) is 4. The van der Waals surface area contributed by atoms with Gasteiger partial charge in [0, 0.05) is 19.3 Å². The number of thioether (sulfide) groups is 1. The van der Waals surface area contributed by atoms with Crippen molar-refractivity contribution in [3.05, 3.63) is 72.1 Å². The molecule has 0 aliphatic carbocycles. The molecule has 1 aliphatic rings. The minimum absolute atomic E-state index is 0.105. The van der Waals surface area contributed by atoms with Crippen molar-refractivity contribution >= 4 is 65.1 Å². The second kappa shape index (κ2) is 11.0. The van der Waals surface area contributed by atoms with Crippen molar-refractivity contribution in [1.29, 1.82) is 0 Å². The van der Waals surface area contributed by atoms with Gasteiger partial charge in [0.2, 0.25) is 11.9 Å². The minimum Gasteiger partial charge on any atom is -0.406 e. The van der Waals surface area contributed by atoms with Crippen molar-refractivity contribution in [2.45, 2.75) is 50.1 Å². The molecular formula is C28H32ClN5O3SSi. The van der Waals surface area contributed by atoms with Gasteiger partial charge in [-0.05, 0) is 15.4 Å². The first-order chi connectivity index (χ1) is 18.6. The van der Waals surface area contributed by atoms with Gasteiger partial charge in [0.05, 0.1) is 23.7 Å². The molecule has 1 aliphatic heterocycles. The average molecular weight is 582 g/mol. The van der Waals surface area contributed by atoms with Crippen molar-refractivity contribution in [2.24, 2.45) is 0 Å². The van der Waals surface area contributed by atoms with Crippen LogP contribution in [0.25, 0.3) is 11.2 Å². The number of halogens is 1. The summed E-state index contributed by atoms with van der Waals surface area (Å²) in [7, 11) is -2.73. The molecule has 0 saturated carbocycles. The number of rotatable bonds is 7. The van der Waals surface area contributed by atoms with Crippen LogP contribution >= 0.6 is 23.4 Å². The number of anilines is 1. The third kappa shape index (κ3) is 5.23. The smallest absolute Gasteiger partial charge is 0.261 e. The lowest BCUT2D eigenvalue weighted by molar-refractivity contribution is -0.114. The van der Waals surface area contributed by atoms with Crippen LogP contribution in [-0.4, -0.2) is 62.6 Å². The number of aliphatic hydroxyl groups is 1. The van der Waals surface area contributed by atoms with Crippen LogP contribution in [0.4, 0.5) is 5.95 Å². The van der Waals surface area contributed by atoms with Crippen molar-refractivity contribution < 1.29 is 14.3 Å². The van der Waals surface area contributed by atoms with Gasteiger partial charge in [-0.1, -0.05) is 93.0 Å². The predicted octanol–water partition coefficient (Wildman–Crippen LogP) is 4.03. The van der Waals surface area contributed by atoms with E-state index in [-0.39, 0.29) is 33.3 Å². The molecule has 1 saturated heterocycles. The van der Waals surface area contributed by atoms with E-state index in [9.17, 15) is 9.90 Å². The number of amides is 1. The molecule has 3 atom stereocenters. The van der Waals surface area contributed by atoms with Crippen LogP contribution in [0.3, 0.4) is 0 Å². The van der Waals surface area contributed by atoms with Crippen LogP contribution in [0, 0.1) is 0 Å². The maximum Gasteiger partial charge on any atom is 0.261 e. The minimum atomic E-state index is -2.73. The second-order valence-corrected chi connectivity index (χ2v) is 16.7. The fourth-order valence-corrected chi connectivity index (χ4v) is 11.6. The number of aliphatic hydroxyl groups excluding tert-OH is 1. The molecule has 204 valence electrons. The SMILES string of the molecule is CC(=O)Nc1nc(Cl)c2ncn([C@@H]3CS[C@H](CO[Si](c4ccccc4)(c4ccccc4)C(C)(C)C)[C@H]3O)c2n1. The van der Waals surface area contributed by atoms with Gasteiger partial charge >= 0.3 is 0 Å². The standard InChI is InChI=1S/C28H32ClN5O3SSi/c1-18(35)31-27-32-25(29)23-26(33-27)34(17-30-23)21-16-38-22(24(21)36)15-37-39(28(2,3)4,19-11-7-5-8-12-19)20-13-9-6-10-14-20/h5-14,17,21-22,24,36H,15-16H2,1-4H3,(H,31,32,33,35)/t21-,22-,24+/m1/s1. The van der Waals surface area contributed by atoms with Crippen LogP contribution in [0.5, 0.6) is 0 Å². The van der Waals surface area contributed by atoms with Crippen LogP contribution in [0.15, 0.2) is 67.0 Å². The van der Waals surface area contributed by atoms with Gasteiger partial charge in [-0.3, -0.25) is 10.1 Å². The molecule has 1 amide bonds. The number of fused-ring (bicyclic) bond motifs is 1. The molecule has 0 spiro atoms. The Labute approximate surface area is 238 Å². The molecule has 0 unspecified atom stereocenters. The average Bonchev–Trinajstić information content (AvgIpc) is 3.48. The first-order valence-corrected chi connectivity index (χ1v) is 16.2. The summed E-state index contributed by atoms with van der Waals surface area (Å²) >= 11 is 8.01. The normalized spacial score (nSPS) is 19.9. The predicted molar refractivity (Wildman–Crippen MR) is 159 cm³/mol. The van der Waals surface area contributed by atoms with Crippen LogP contribution in [0.1, 0.15) is 33.7 Å². The first kappa shape index (κ1) is 27.8. The lowest BCUT2D eigenvalue weighted by atomic mass is 10.1. The van der Waals surface area contributed by atoms with Gasteiger partial charge in [-0.2, -0.15) is 21.7 Å². The molecule has 3 heterocycles. The van der Waals surface area contributed by atoms with Gasteiger partial charge in [0.15, 0.2) is 10.8 Å². The van der Waals surface area contributed by atoms with Gasteiger partial charge in [0.25, 0.3) is 8.32 Å². The van der Waals surface area contributed by atoms with Gasteiger partial charge in [-0.25, -0.2) is 4.98 Å². The highest BCUT2D eigenvalue weighted by molar-refractivity contribution is 8.00. The highest BCUT2D eigenvalue weighted by atomic mass is 35.5. The number of carbonyl (C=O) groups excluding carboxylic acids is 1. The number of hydrogen-bond acceptors (Lipinski definition) is 7. The van der Waals surface area contributed by atoms with Gasteiger partial charge < -0.3 is 14.1 Å². The number of benzene rings is 2. The molecule has 2 aromatic carbocycles.